The molecule has 0 aliphatic carbocycles. The molecule has 2 aromatic rings. The molecule has 0 fully saturated rings. The molecule has 162 valence electrons. The van der Waals surface area contributed by atoms with Crippen LogP contribution in [-0.4, -0.2) is 35.1 Å². The third-order valence-electron chi connectivity index (χ3n) is 4.57. The summed E-state index contributed by atoms with van der Waals surface area (Å²) in [5.74, 6) is 0.474. The molecule has 2 rings (SSSR count). The monoisotopic (exact) mass is 486 g/mol. The normalized spacial score (nSPS) is 11.8. The molecule has 30 heavy (non-hydrogen) atoms. The van der Waals surface area contributed by atoms with E-state index in [1.807, 2.05) is 38.1 Å². The topological polar surface area (TPSA) is 49.4 Å². The molecule has 0 aliphatic heterocycles. The minimum atomic E-state index is -0.606. The summed E-state index contributed by atoms with van der Waals surface area (Å²) in [4.78, 5) is 27.4. The molecular weight excluding hydrogens is 463 g/mol. The second kappa shape index (κ2) is 12.5. The van der Waals surface area contributed by atoms with E-state index in [-0.39, 0.29) is 24.1 Å². The lowest BCUT2D eigenvalue weighted by Crippen LogP contribution is -2.49. The number of hydrogen-bond donors (Lipinski definition) is 1. The molecule has 1 atom stereocenters. The SMILES string of the molecule is CCNC(=O)C(CC)N(Cc1c(Cl)cccc1Cl)C(=O)CSCc1ccccc1Cl. The van der Waals surface area contributed by atoms with Gasteiger partial charge < -0.3 is 10.2 Å². The third-order valence-corrected chi connectivity index (χ3v) is 6.61. The molecular formula is C22H25Cl3N2O2S. The van der Waals surface area contributed by atoms with Crippen LogP contribution in [0.3, 0.4) is 0 Å². The van der Waals surface area contributed by atoms with E-state index < -0.39 is 6.04 Å². The predicted molar refractivity (Wildman–Crippen MR) is 127 cm³/mol. The van der Waals surface area contributed by atoms with E-state index in [2.05, 4.69) is 5.32 Å². The second-order valence-corrected chi connectivity index (χ2v) is 8.83. The van der Waals surface area contributed by atoms with Gasteiger partial charge in [0.2, 0.25) is 11.8 Å². The zero-order valence-electron chi connectivity index (χ0n) is 17.0. The van der Waals surface area contributed by atoms with Crippen molar-refractivity contribution in [2.75, 3.05) is 12.3 Å². The first-order valence-corrected chi connectivity index (χ1v) is 12.0. The molecule has 2 amide bonds. The average Bonchev–Trinajstić information content (AvgIpc) is 2.71. The van der Waals surface area contributed by atoms with E-state index >= 15 is 0 Å². The smallest absolute Gasteiger partial charge is 0.242 e. The Kier molecular flexibility index (Phi) is 10.3. The van der Waals surface area contributed by atoms with Crippen LogP contribution in [0.25, 0.3) is 0 Å². The Morgan fingerprint density at radius 3 is 2.23 bits per heavy atom. The number of nitrogens with zero attached hydrogens (tertiary/aromatic N) is 1. The fourth-order valence-electron chi connectivity index (χ4n) is 3.01. The molecule has 0 saturated carbocycles. The van der Waals surface area contributed by atoms with Gasteiger partial charge in [0.05, 0.1) is 5.75 Å². The van der Waals surface area contributed by atoms with E-state index in [0.717, 1.165) is 5.56 Å². The van der Waals surface area contributed by atoms with Crippen LogP contribution in [0.1, 0.15) is 31.4 Å². The van der Waals surface area contributed by atoms with Gasteiger partial charge in [-0.15, -0.1) is 11.8 Å². The first-order valence-electron chi connectivity index (χ1n) is 9.70. The van der Waals surface area contributed by atoms with Gasteiger partial charge in [-0.25, -0.2) is 0 Å². The maximum atomic E-state index is 13.2. The largest absolute Gasteiger partial charge is 0.355 e. The highest BCUT2D eigenvalue weighted by Crippen LogP contribution is 2.28. The summed E-state index contributed by atoms with van der Waals surface area (Å²) >= 11 is 20.3. The van der Waals surface area contributed by atoms with Crippen LogP contribution in [0.5, 0.6) is 0 Å². The maximum Gasteiger partial charge on any atom is 0.242 e. The zero-order valence-corrected chi connectivity index (χ0v) is 20.0. The van der Waals surface area contributed by atoms with Crippen LogP contribution in [0.15, 0.2) is 42.5 Å². The highest BCUT2D eigenvalue weighted by molar-refractivity contribution is 7.99. The molecule has 1 N–H and O–H groups in total. The van der Waals surface area contributed by atoms with Crippen LogP contribution in [0.2, 0.25) is 15.1 Å². The quantitative estimate of drug-likeness (QED) is 0.459. The summed E-state index contributed by atoms with van der Waals surface area (Å²) in [7, 11) is 0. The lowest BCUT2D eigenvalue weighted by atomic mass is 10.1. The Bertz CT molecular complexity index is 859. The van der Waals surface area contributed by atoms with Crippen LogP contribution in [0.4, 0.5) is 0 Å². The lowest BCUT2D eigenvalue weighted by Gasteiger charge is -2.31. The minimum absolute atomic E-state index is 0.152. The molecule has 8 heteroatoms. The van der Waals surface area contributed by atoms with Crippen LogP contribution >= 0.6 is 46.6 Å². The van der Waals surface area contributed by atoms with Crippen molar-refractivity contribution in [2.24, 2.45) is 0 Å². The standard InChI is InChI=1S/C22H25Cl3N2O2S/c1-3-20(22(29)26-4-2)27(12-16-18(24)10-7-11-19(16)25)21(28)14-30-13-15-8-5-6-9-17(15)23/h5-11,20H,3-4,12-14H2,1-2H3,(H,26,29). The second-order valence-electron chi connectivity index (χ2n) is 6.62. The summed E-state index contributed by atoms with van der Waals surface area (Å²) in [6.07, 6.45) is 0.481. The van der Waals surface area contributed by atoms with Gasteiger partial charge in [-0.2, -0.15) is 0 Å². The van der Waals surface area contributed by atoms with Gasteiger partial charge in [0, 0.05) is 39.5 Å². The number of hydrogen-bond acceptors (Lipinski definition) is 3. The number of benzene rings is 2. The summed E-state index contributed by atoms with van der Waals surface area (Å²) < 4.78 is 0. The first kappa shape index (κ1) is 24.9. The van der Waals surface area contributed by atoms with Crippen molar-refractivity contribution in [3.05, 3.63) is 68.7 Å². The van der Waals surface area contributed by atoms with Crippen molar-refractivity contribution in [2.45, 2.75) is 38.6 Å². The number of carbonyl (C=O) groups excluding carboxylic acids is 2. The predicted octanol–water partition coefficient (Wildman–Crippen LogP) is 5.82. The van der Waals surface area contributed by atoms with E-state index in [0.29, 0.717) is 39.3 Å². The van der Waals surface area contributed by atoms with Crippen molar-refractivity contribution < 1.29 is 9.59 Å². The Balaban J connectivity index is 2.19. The van der Waals surface area contributed by atoms with Gasteiger partial charge in [-0.1, -0.05) is 66.0 Å². The van der Waals surface area contributed by atoms with Gasteiger partial charge in [0.15, 0.2) is 0 Å². The Labute approximate surface area is 197 Å². The zero-order chi connectivity index (χ0) is 22.1. The number of carbonyl (C=O) groups is 2. The highest BCUT2D eigenvalue weighted by atomic mass is 35.5. The van der Waals surface area contributed by atoms with E-state index in [1.54, 1.807) is 23.1 Å². The Hall–Kier alpha value is -1.40. The van der Waals surface area contributed by atoms with E-state index in [4.69, 9.17) is 34.8 Å². The van der Waals surface area contributed by atoms with Crippen molar-refractivity contribution in [1.82, 2.24) is 10.2 Å². The molecule has 0 spiro atoms. The van der Waals surface area contributed by atoms with Crippen molar-refractivity contribution in [3.63, 3.8) is 0 Å². The first-order chi connectivity index (χ1) is 14.4. The van der Waals surface area contributed by atoms with Crippen LogP contribution in [-0.2, 0) is 21.9 Å². The summed E-state index contributed by atoms with van der Waals surface area (Å²) in [6.45, 7) is 4.39. The molecule has 0 aliphatic rings. The fraction of sp³-hybridized carbons (Fsp3) is 0.364. The van der Waals surface area contributed by atoms with E-state index in [9.17, 15) is 9.59 Å². The van der Waals surface area contributed by atoms with Gasteiger partial charge >= 0.3 is 0 Å². The molecule has 4 nitrogen and oxygen atoms in total. The highest BCUT2D eigenvalue weighted by Gasteiger charge is 2.29. The summed E-state index contributed by atoms with van der Waals surface area (Å²) in [5, 5.41) is 4.42. The molecule has 0 aromatic heterocycles. The molecule has 0 heterocycles. The molecule has 1 unspecified atom stereocenters. The van der Waals surface area contributed by atoms with Gasteiger partial charge in [0.25, 0.3) is 0 Å². The lowest BCUT2D eigenvalue weighted by molar-refractivity contribution is -0.139. The Morgan fingerprint density at radius 1 is 1.00 bits per heavy atom. The van der Waals surface area contributed by atoms with Gasteiger partial charge in [-0.05, 0) is 37.1 Å². The van der Waals surface area contributed by atoms with Crippen LogP contribution in [0, 0.1) is 0 Å². The van der Waals surface area contributed by atoms with Gasteiger partial charge in [0.1, 0.15) is 6.04 Å². The van der Waals surface area contributed by atoms with Crippen LogP contribution < -0.4 is 5.32 Å². The Morgan fingerprint density at radius 2 is 1.63 bits per heavy atom. The molecule has 0 radical (unpaired) electrons. The average molecular weight is 488 g/mol. The summed E-state index contributed by atoms with van der Waals surface area (Å²) in [6, 6.07) is 12.1. The molecule has 0 bridgehead atoms. The number of rotatable bonds is 10. The number of thioether (sulfide) groups is 1. The van der Waals surface area contributed by atoms with Gasteiger partial charge in [-0.3, -0.25) is 9.59 Å². The van der Waals surface area contributed by atoms with Crippen molar-refractivity contribution >= 4 is 58.4 Å². The maximum absolute atomic E-state index is 13.2. The molecule has 2 aromatic carbocycles. The summed E-state index contributed by atoms with van der Waals surface area (Å²) in [5.41, 5.74) is 1.60. The number of nitrogens with one attached hydrogen (secondary N) is 1. The molecule has 0 saturated heterocycles. The number of likely N-dealkylation sites (N-methyl/N-ethyl adjacent to an activating group) is 1. The van der Waals surface area contributed by atoms with E-state index in [1.165, 1.54) is 11.8 Å². The third kappa shape index (κ3) is 6.81. The number of amides is 2. The van der Waals surface area contributed by atoms with Crippen molar-refractivity contribution in [3.8, 4) is 0 Å². The number of halogens is 3. The minimum Gasteiger partial charge on any atom is -0.355 e. The fourth-order valence-corrected chi connectivity index (χ4v) is 4.72. The van der Waals surface area contributed by atoms with Crippen molar-refractivity contribution in [1.29, 1.82) is 0 Å².